The first-order valence-electron chi connectivity index (χ1n) is 7.72. The Morgan fingerprint density at radius 1 is 1.22 bits per heavy atom. The standard InChI is InChI=1S/C16H12F3N3O4S/c17-16(18,19)27(23,24)26-14-7-15(22-13-6-2-5-12(13)14)25-9-11-4-1-3-10(8-20)21-11/h1,3-4,7H,2,5-6,9H2. The first kappa shape index (κ1) is 18.9. The van der Waals surface area contributed by atoms with Gasteiger partial charge in [0.1, 0.15) is 18.4 Å². The molecule has 0 bridgehead atoms. The molecule has 2 aromatic heterocycles. The van der Waals surface area contributed by atoms with Gasteiger partial charge < -0.3 is 8.92 Å². The Bertz CT molecular complexity index is 1020. The highest BCUT2D eigenvalue weighted by Gasteiger charge is 2.49. The fraction of sp³-hybridized carbons (Fsp3) is 0.312. The van der Waals surface area contributed by atoms with Gasteiger partial charge in [0, 0.05) is 11.6 Å². The van der Waals surface area contributed by atoms with Crippen molar-refractivity contribution in [3.8, 4) is 17.7 Å². The molecular formula is C16H12F3N3O4S. The minimum Gasteiger partial charge on any atom is -0.471 e. The minimum absolute atomic E-state index is 0.0906. The molecule has 0 N–H and O–H groups in total. The van der Waals surface area contributed by atoms with Gasteiger partial charge in [-0.1, -0.05) is 6.07 Å². The van der Waals surface area contributed by atoms with E-state index >= 15 is 0 Å². The molecule has 0 spiro atoms. The smallest absolute Gasteiger partial charge is 0.471 e. The van der Waals surface area contributed by atoms with Crippen LogP contribution in [0, 0.1) is 11.3 Å². The number of nitriles is 1. The van der Waals surface area contributed by atoms with E-state index < -0.39 is 21.4 Å². The molecule has 0 unspecified atom stereocenters. The number of ether oxygens (including phenoxy) is 1. The number of nitrogens with zero attached hydrogens (tertiary/aromatic N) is 3. The molecule has 0 atom stereocenters. The second kappa shape index (κ2) is 7.03. The second-order valence-corrected chi connectivity index (χ2v) is 7.17. The van der Waals surface area contributed by atoms with Gasteiger partial charge in [0.05, 0.1) is 11.4 Å². The number of fused-ring (bicyclic) bond motifs is 1. The third kappa shape index (κ3) is 4.11. The lowest BCUT2D eigenvalue weighted by molar-refractivity contribution is -0.0500. The van der Waals surface area contributed by atoms with Crippen molar-refractivity contribution < 1.29 is 30.5 Å². The number of alkyl halides is 3. The van der Waals surface area contributed by atoms with E-state index in [1.165, 1.54) is 6.07 Å². The fourth-order valence-electron chi connectivity index (χ4n) is 2.56. The van der Waals surface area contributed by atoms with Crippen LogP contribution in [0.2, 0.25) is 0 Å². The van der Waals surface area contributed by atoms with Crippen LogP contribution in [0.25, 0.3) is 0 Å². The van der Waals surface area contributed by atoms with Gasteiger partial charge in [-0.25, -0.2) is 9.97 Å². The number of rotatable bonds is 5. The van der Waals surface area contributed by atoms with Crippen molar-refractivity contribution in [2.45, 2.75) is 31.4 Å². The van der Waals surface area contributed by atoms with E-state index in [0.29, 0.717) is 36.2 Å². The zero-order chi connectivity index (χ0) is 19.7. The Hall–Kier alpha value is -2.87. The average Bonchev–Trinajstić information content (AvgIpc) is 3.08. The first-order valence-corrected chi connectivity index (χ1v) is 9.13. The van der Waals surface area contributed by atoms with Gasteiger partial charge in [0.25, 0.3) is 0 Å². The predicted octanol–water partition coefficient (Wildman–Crippen LogP) is 2.64. The summed E-state index contributed by atoms with van der Waals surface area (Å²) in [4.78, 5) is 8.20. The molecular weight excluding hydrogens is 387 g/mol. The first-order chi connectivity index (χ1) is 12.7. The van der Waals surface area contributed by atoms with Crippen molar-refractivity contribution in [2.75, 3.05) is 0 Å². The summed E-state index contributed by atoms with van der Waals surface area (Å²) in [6.07, 6.45) is 1.44. The number of aryl methyl sites for hydroxylation is 1. The monoisotopic (exact) mass is 399 g/mol. The van der Waals surface area contributed by atoms with Crippen LogP contribution in [0.15, 0.2) is 24.3 Å². The van der Waals surface area contributed by atoms with Crippen molar-refractivity contribution >= 4 is 10.1 Å². The van der Waals surface area contributed by atoms with Crippen molar-refractivity contribution in [3.05, 3.63) is 46.9 Å². The van der Waals surface area contributed by atoms with E-state index in [0.717, 1.165) is 6.07 Å². The second-order valence-electron chi connectivity index (χ2n) is 5.64. The van der Waals surface area contributed by atoms with Gasteiger partial charge in [-0.15, -0.1) is 0 Å². The summed E-state index contributed by atoms with van der Waals surface area (Å²) >= 11 is 0. The van der Waals surface area contributed by atoms with Crippen LogP contribution in [-0.4, -0.2) is 23.9 Å². The third-order valence-electron chi connectivity index (χ3n) is 3.76. The summed E-state index contributed by atoms with van der Waals surface area (Å²) in [6.45, 7) is -0.104. The van der Waals surface area contributed by atoms with E-state index in [-0.39, 0.29) is 18.2 Å². The SMILES string of the molecule is N#Cc1cccc(COc2cc(OS(=O)(=O)C(F)(F)F)c3c(n2)CCC3)n1. The van der Waals surface area contributed by atoms with Crippen molar-refractivity contribution in [1.29, 1.82) is 5.26 Å². The predicted molar refractivity (Wildman–Crippen MR) is 85.1 cm³/mol. The van der Waals surface area contributed by atoms with E-state index in [4.69, 9.17) is 10.00 Å². The van der Waals surface area contributed by atoms with Crippen LogP contribution < -0.4 is 8.92 Å². The Morgan fingerprint density at radius 3 is 2.70 bits per heavy atom. The number of hydrogen-bond donors (Lipinski definition) is 0. The van der Waals surface area contributed by atoms with E-state index in [1.807, 2.05) is 6.07 Å². The van der Waals surface area contributed by atoms with Crippen molar-refractivity contribution in [2.24, 2.45) is 0 Å². The van der Waals surface area contributed by atoms with Crippen LogP contribution in [0.4, 0.5) is 13.2 Å². The third-order valence-corrected chi connectivity index (χ3v) is 4.72. The molecule has 11 heteroatoms. The van der Waals surface area contributed by atoms with Crippen LogP contribution >= 0.6 is 0 Å². The lowest BCUT2D eigenvalue weighted by Gasteiger charge is -2.14. The summed E-state index contributed by atoms with van der Waals surface area (Å²) in [7, 11) is -5.80. The van der Waals surface area contributed by atoms with Gasteiger partial charge in [-0.05, 0) is 31.4 Å². The Morgan fingerprint density at radius 2 is 2.00 bits per heavy atom. The molecule has 0 radical (unpaired) electrons. The van der Waals surface area contributed by atoms with Crippen molar-refractivity contribution in [1.82, 2.24) is 9.97 Å². The topological polar surface area (TPSA) is 102 Å². The van der Waals surface area contributed by atoms with Crippen LogP contribution in [0.5, 0.6) is 11.6 Å². The van der Waals surface area contributed by atoms with E-state index in [1.54, 1.807) is 12.1 Å². The number of pyridine rings is 2. The van der Waals surface area contributed by atoms with Gasteiger partial charge in [0.2, 0.25) is 5.88 Å². The van der Waals surface area contributed by atoms with Gasteiger partial charge in [-0.3, -0.25) is 0 Å². The largest absolute Gasteiger partial charge is 0.534 e. The van der Waals surface area contributed by atoms with E-state index in [2.05, 4.69) is 14.2 Å². The number of halogens is 3. The van der Waals surface area contributed by atoms with Gasteiger partial charge >= 0.3 is 15.6 Å². The summed E-state index contributed by atoms with van der Waals surface area (Å²) < 4.78 is 70.2. The maximum Gasteiger partial charge on any atom is 0.534 e. The maximum absolute atomic E-state index is 12.6. The lowest BCUT2D eigenvalue weighted by Crippen LogP contribution is -2.28. The molecule has 2 aromatic rings. The Labute approximate surface area is 152 Å². The normalized spacial score (nSPS) is 13.7. The van der Waals surface area contributed by atoms with Crippen molar-refractivity contribution in [3.63, 3.8) is 0 Å². The number of aromatic nitrogens is 2. The molecule has 0 aliphatic heterocycles. The Balaban J connectivity index is 1.86. The summed E-state index contributed by atoms with van der Waals surface area (Å²) in [6, 6.07) is 7.59. The number of hydrogen-bond acceptors (Lipinski definition) is 7. The molecule has 27 heavy (non-hydrogen) atoms. The highest BCUT2D eigenvalue weighted by molar-refractivity contribution is 7.88. The zero-order valence-electron chi connectivity index (χ0n) is 13.7. The zero-order valence-corrected chi connectivity index (χ0v) is 14.5. The fourth-order valence-corrected chi connectivity index (χ4v) is 3.04. The molecule has 0 aromatic carbocycles. The minimum atomic E-state index is -5.80. The molecule has 142 valence electrons. The molecule has 3 rings (SSSR count). The van der Waals surface area contributed by atoms with Gasteiger partial charge in [0.15, 0.2) is 5.75 Å². The molecule has 7 nitrogen and oxygen atoms in total. The Kier molecular flexibility index (Phi) is 4.93. The maximum atomic E-state index is 12.6. The lowest BCUT2D eigenvalue weighted by atomic mass is 10.2. The molecule has 0 saturated carbocycles. The summed E-state index contributed by atoms with van der Waals surface area (Å²) in [5.41, 5.74) is -4.21. The van der Waals surface area contributed by atoms with Gasteiger partial charge in [-0.2, -0.15) is 26.9 Å². The highest BCUT2D eigenvalue weighted by Crippen LogP contribution is 2.36. The highest BCUT2D eigenvalue weighted by atomic mass is 32.2. The van der Waals surface area contributed by atoms with E-state index in [9.17, 15) is 21.6 Å². The summed E-state index contributed by atoms with van der Waals surface area (Å²) in [5.74, 6) is -0.532. The molecule has 1 aliphatic carbocycles. The average molecular weight is 399 g/mol. The molecule has 1 aliphatic rings. The molecule has 2 heterocycles. The van der Waals surface area contributed by atoms with Crippen LogP contribution in [0.1, 0.15) is 29.1 Å². The quantitative estimate of drug-likeness (QED) is 0.563. The van der Waals surface area contributed by atoms with Crippen LogP contribution in [-0.2, 0) is 29.6 Å². The molecule has 0 fully saturated rings. The summed E-state index contributed by atoms with van der Waals surface area (Å²) in [5, 5.41) is 8.83. The van der Waals surface area contributed by atoms with Crippen LogP contribution in [0.3, 0.4) is 0 Å². The molecule has 0 saturated heterocycles. The molecule has 0 amide bonds.